The lowest BCUT2D eigenvalue weighted by atomic mass is 10.1. The lowest BCUT2D eigenvalue weighted by Crippen LogP contribution is -2.29. The molecular weight excluding hydrogens is 428 g/mol. The molecule has 6 nitrogen and oxygen atoms in total. The number of carbonyl (C=O) groups excluding carboxylic acids is 2. The first kappa shape index (κ1) is 21.3. The van der Waals surface area contributed by atoms with Crippen LogP contribution in [-0.2, 0) is 0 Å². The van der Waals surface area contributed by atoms with Crippen molar-refractivity contribution in [2.24, 2.45) is 0 Å². The maximum absolute atomic E-state index is 13.3. The van der Waals surface area contributed by atoms with E-state index in [1.807, 2.05) is 67.6 Å². The number of benzene rings is 4. The van der Waals surface area contributed by atoms with Crippen LogP contribution in [0.5, 0.6) is 23.0 Å². The Kier molecular flexibility index (Phi) is 5.70. The van der Waals surface area contributed by atoms with Crippen LogP contribution in [0.4, 0.5) is 11.4 Å². The number of anilines is 2. The van der Waals surface area contributed by atoms with E-state index in [1.54, 1.807) is 41.3 Å². The van der Waals surface area contributed by atoms with Gasteiger partial charge in [-0.2, -0.15) is 0 Å². The second-order valence-electron chi connectivity index (χ2n) is 7.70. The molecule has 1 aliphatic rings. The molecule has 0 spiro atoms. The first-order valence-corrected chi connectivity index (χ1v) is 11.0. The summed E-state index contributed by atoms with van der Waals surface area (Å²) in [5.74, 6) is 1.60. The van der Waals surface area contributed by atoms with E-state index in [4.69, 9.17) is 9.47 Å². The highest BCUT2D eigenvalue weighted by Gasteiger charge is 2.27. The second-order valence-corrected chi connectivity index (χ2v) is 7.70. The van der Waals surface area contributed by atoms with Gasteiger partial charge >= 0.3 is 0 Å². The summed E-state index contributed by atoms with van der Waals surface area (Å²) in [6.45, 7) is 2.40. The van der Waals surface area contributed by atoms with Gasteiger partial charge in [-0.3, -0.25) is 9.59 Å². The Morgan fingerprint density at radius 1 is 0.882 bits per heavy atom. The van der Waals surface area contributed by atoms with E-state index in [2.05, 4.69) is 5.32 Å². The fourth-order valence-corrected chi connectivity index (χ4v) is 3.87. The predicted molar refractivity (Wildman–Crippen MR) is 131 cm³/mol. The van der Waals surface area contributed by atoms with Crippen LogP contribution in [0.1, 0.15) is 27.6 Å². The van der Waals surface area contributed by atoms with Crippen LogP contribution in [-0.4, -0.2) is 18.4 Å². The first-order chi connectivity index (χ1) is 16.6. The number of amides is 2. The van der Waals surface area contributed by atoms with Crippen LogP contribution in [0, 0.1) is 0 Å². The van der Waals surface area contributed by atoms with Gasteiger partial charge in [0.05, 0.1) is 16.8 Å². The van der Waals surface area contributed by atoms with Crippen LogP contribution in [0.3, 0.4) is 0 Å². The minimum Gasteiger partial charge on any atom is -0.457 e. The third-order valence-corrected chi connectivity index (χ3v) is 5.51. The third-order valence-electron chi connectivity index (χ3n) is 5.51. The Morgan fingerprint density at radius 2 is 1.62 bits per heavy atom. The molecule has 34 heavy (non-hydrogen) atoms. The van der Waals surface area contributed by atoms with E-state index >= 15 is 0 Å². The van der Waals surface area contributed by atoms with Crippen LogP contribution in [0.2, 0.25) is 0 Å². The summed E-state index contributed by atoms with van der Waals surface area (Å²) in [7, 11) is 0. The van der Waals surface area contributed by atoms with Gasteiger partial charge in [0.15, 0.2) is 5.75 Å². The quantitative estimate of drug-likeness (QED) is 0.377. The summed E-state index contributed by atoms with van der Waals surface area (Å²) >= 11 is 0. The van der Waals surface area contributed by atoms with Crippen LogP contribution < -0.4 is 19.7 Å². The van der Waals surface area contributed by atoms with Gasteiger partial charge in [0, 0.05) is 12.2 Å². The minimum atomic E-state index is -0.343. The summed E-state index contributed by atoms with van der Waals surface area (Å²) in [5, 5.41) is 2.88. The lowest BCUT2D eigenvalue weighted by Gasteiger charge is -2.20. The fraction of sp³-hybridized carbons (Fsp3) is 0.0714. The fourth-order valence-electron chi connectivity index (χ4n) is 3.87. The maximum atomic E-state index is 13.3. The van der Waals surface area contributed by atoms with E-state index in [-0.39, 0.29) is 11.8 Å². The summed E-state index contributed by atoms with van der Waals surface area (Å²) < 4.78 is 12.0. The van der Waals surface area contributed by atoms with E-state index < -0.39 is 0 Å². The topological polar surface area (TPSA) is 67.9 Å². The second kappa shape index (κ2) is 9.11. The van der Waals surface area contributed by atoms with Crippen molar-refractivity contribution in [1.29, 1.82) is 0 Å². The van der Waals surface area contributed by atoms with Crippen molar-refractivity contribution in [2.45, 2.75) is 6.92 Å². The molecule has 2 amide bonds. The van der Waals surface area contributed by atoms with Crippen LogP contribution in [0.25, 0.3) is 0 Å². The van der Waals surface area contributed by atoms with Gasteiger partial charge in [-0.25, -0.2) is 0 Å². The highest BCUT2D eigenvalue weighted by Crippen LogP contribution is 2.39. The van der Waals surface area contributed by atoms with Crippen molar-refractivity contribution in [2.75, 3.05) is 16.8 Å². The molecule has 0 unspecified atom stereocenters. The molecular formula is C28H22N2O4. The van der Waals surface area contributed by atoms with Gasteiger partial charge in [0.25, 0.3) is 11.8 Å². The molecule has 4 aromatic rings. The Bertz CT molecular complexity index is 1370. The predicted octanol–water partition coefficient (Wildman–Crippen LogP) is 6.50. The molecule has 0 atom stereocenters. The Labute approximate surface area is 197 Å². The van der Waals surface area contributed by atoms with E-state index in [1.165, 1.54) is 0 Å². The minimum absolute atomic E-state index is 0.189. The maximum Gasteiger partial charge on any atom is 0.262 e. The Balaban J connectivity index is 1.43. The molecule has 0 fully saturated rings. The monoisotopic (exact) mass is 450 g/mol. The number of rotatable bonds is 5. The molecule has 0 saturated carbocycles. The Hall–Kier alpha value is -4.58. The summed E-state index contributed by atoms with van der Waals surface area (Å²) in [6.07, 6.45) is 0. The molecule has 0 saturated heterocycles. The number of fused-ring (bicyclic) bond motifs is 2. The smallest absolute Gasteiger partial charge is 0.262 e. The van der Waals surface area contributed by atoms with Crippen molar-refractivity contribution >= 4 is 23.2 Å². The van der Waals surface area contributed by atoms with Gasteiger partial charge in [0.1, 0.15) is 17.2 Å². The molecule has 1 heterocycles. The summed E-state index contributed by atoms with van der Waals surface area (Å²) in [4.78, 5) is 28.1. The molecule has 5 rings (SSSR count). The van der Waals surface area contributed by atoms with Gasteiger partial charge in [-0.05, 0) is 61.5 Å². The molecule has 0 bridgehead atoms. The molecule has 0 aliphatic carbocycles. The van der Waals surface area contributed by atoms with Crippen molar-refractivity contribution in [3.05, 3.63) is 108 Å². The SMILES string of the molecule is CCN1C(=O)c2cc(NC(=O)c3ccccc3Oc3ccccc3)ccc2Oc2ccccc21. The number of hydrogen-bond acceptors (Lipinski definition) is 4. The van der Waals surface area contributed by atoms with E-state index in [0.717, 1.165) is 0 Å². The molecule has 6 heteroatoms. The molecule has 0 aromatic heterocycles. The number of ether oxygens (including phenoxy) is 2. The van der Waals surface area contributed by atoms with E-state index in [9.17, 15) is 9.59 Å². The van der Waals surface area contributed by atoms with Crippen molar-refractivity contribution in [3.63, 3.8) is 0 Å². The van der Waals surface area contributed by atoms with Crippen LogP contribution >= 0.6 is 0 Å². The largest absolute Gasteiger partial charge is 0.457 e. The van der Waals surface area contributed by atoms with Gasteiger partial charge in [0.2, 0.25) is 0 Å². The summed E-state index contributed by atoms with van der Waals surface area (Å²) in [6, 6.07) is 28.8. The average Bonchev–Trinajstić information content (AvgIpc) is 2.98. The number of nitrogens with zero attached hydrogens (tertiary/aromatic N) is 1. The summed E-state index contributed by atoms with van der Waals surface area (Å²) in [5.41, 5.74) is 1.96. The highest BCUT2D eigenvalue weighted by molar-refractivity contribution is 6.11. The normalized spacial score (nSPS) is 12.1. The molecule has 0 radical (unpaired) electrons. The van der Waals surface area contributed by atoms with Gasteiger partial charge < -0.3 is 19.7 Å². The highest BCUT2D eigenvalue weighted by atomic mass is 16.5. The average molecular weight is 450 g/mol. The number of carbonyl (C=O) groups is 2. The van der Waals surface area contributed by atoms with E-state index in [0.29, 0.717) is 52.0 Å². The van der Waals surface area contributed by atoms with Gasteiger partial charge in [-0.15, -0.1) is 0 Å². The molecule has 4 aromatic carbocycles. The van der Waals surface area contributed by atoms with Crippen LogP contribution in [0.15, 0.2) is 97.1 Å². The molecule has 1 aliphatic heterocycles. The zero-order chi connectivity index (χ0) is 23.5. The molecule has 168 valence electrons. The lowest BCUT2D eigenvalue weighted by molar-refractivity contribution is 0.0985. The van der Waals surface area contributed by atoms with Crippen molar-refractivity contribution in [1.82, 2.24) is 0 Å². The van der Waals surface area contributed by atoms with Crippen molar-refractivity contribution in [3.8, 4) is 23.0 Å². The number of nitrogens with one attached hydrogen (secondary N) is 1. The zero-order valence-corrected chi connectivity index (χ0v) is 18.5. The number of para-hydroxylation sites is 4. The third kappa shape index (κ3) is 4.09. The standard InChI is InChI=1S/C28H22N2O4/c1-2-30-23-13-7-9-15-26(23)34-25-17-16-19(18-22(25)28(30)32)29-27(31)21-12-6-8-14-24(21)33-20-10-4-3-5-11-20/h3-18H,2H2,1H3,(H,29,31). The van der Waals surface area contributed by atoms with Gasteiger partial charge in [-0.1, -0.05) is 42.5 Å². The first-order valence-electron chi connectivity index (χ1n) is 11.0. The molecule has 1 N–H and O–H groups in total. The zero-order valence-electron chi connectivity index (χ0n) is 18.5. The Morgan fingerprint density at radius 3 is 2.44 bits per heavy atom. The van der Waals surface area contributed by atoms with Crippen molar-refractivity contribution < 1.29 is 19.1 Å². The number of hydrogen-bond donors (Lipinski definition) is 1.